The van der Waals surface area contributed by atoms with Crippen molar-refractivity contribution in [3.8, 4) is 22.6 Å². The van der Waals surface area contributed by atoms with Gasteiger partial charge in [-0.2, -0.15) is 5.10 Å². The maximum atomic E-state index is 13.1. The van der Waals surface area contributed by atoms with Gasteiger partial charge in [0, 0.05) is 41.7 Å². The van der Waals surface area contributed by atoms with Crippen LogP contribution in [0.15, 0.2) is 47.5 Å². The largest absolute Gasteiger partial charge is 0.456 e. The quantitative estimate of drug-likeness (QED) is 0.265. The summed E-state index contributed by atoms with van der Waals surface area (Å²) in [6.07, 6.45) is 3.52. The molecule has 0 aliphatic heterocycles. The molecular weight excluding hydrogens is 506 g/mol. The van der Waals surface area contributed by atoms with Gasteiger partial charge >= 0.3 is 0 Å². The number of carbonyl (C=O) groups excluding carboxylic acids is 1. The first-order chi connectivity index (χ1) is 18.9. The highest BCUT2D eigenvalue weighted by Crippen LogP contribution is 2.41. The van der Waals surface area contributed by atoms with Crippen molar-refractivity contribution in [3.05, 3.63) is 75.5 Å². The predicted molar refractivity (Wildman–Crippen MR) is 157 cm³/mol. The molecule has 0 atom stereocenters. The van der Waals surface area contributed by atoms with Crippen LogP contribution in [0.3, 0.4) is 0 Å². The Balaban J connectivity index is 1.81. The fourth-order valence-electron chi connectivity index (χ4n) is 5.01. The zero-order valence-corrected chi connectivity index (χ0v) is 24.0. The van der Waals surface area contributed by atoms with Crippen LogP contribution in [0, 0.1) is 20.8 Å². The molecule has 0 bridgehead atoms. The van der Waals surface area contributed by atoms with Crippen LogP contribution < -0.4 is 15.6 Å². The van der Waals surface area contributed by atoms with Crippen molar-refractivity contribution < 1.29 is 14.6 Å². The fraction of sp³-hybridized carbons (Fsp3) is 0.323. The number of ether oxygens (including phenoxy) is 1. The van der Waals surface area contributed by atoms with Crippen molar-refractivity contribution in [2.75, 3.05) is 6.54 Å². The van der Waals surface area contributed by atoms with E-state index in [1.165, 1.54) is 4.57 Å². The van der Waals surface area contributed by atoms with Crippen LogP contribution in [0.4, 0.5) is 0 Å². The van der Waals surface area contributed by atoms with Crippen LogP contribution >= 0.6 is 0 Å². The molecule has 0 saturated carbocycles. The molecule has 0 aliphatic rings. The molecule has 3 aromatic heterocycles. The van der Waals surface area contributed by atoms with Gasteiger partial charge in [0.1, 0.15) is 22.7 Å². The van der Waals surface area contributed by atoms with E-state index in [2.05, 4.69) is 21.5 Å². The van der Waals surface area contributed by atoms with Crippen molar-refractivity contribution in [1.29, 1.82) is 0 Å². The van der Waals surface area contributed by atoms with Gasteiger partial charge in [-0.3, -0.25) is 14.3 Å². The van der Waals surface area contributed by atoms with E-state index in [0.29, 0.717) is 35.4 Å². The Bertz CT molecular complexity index is 1840. The highest BCUT2D eigenvalue weighted by atomic mass is 16.5. The molecule has 0 unspecified atom stereocenters. The number of rotatable bonds is 7. The molecular formula is C31H35N5O4. The van der Waals surface area contributed by atoms with Crippen molar-refractivity contribution in [2.45, 2.75) is 53.7 Å². The van der Waals surface area contributed by atoms with Crippen LogP contribution in [0.2, 0.25) is 0 Å². The second-order valence-corrected chi connectivity index (χ2v) is 11.1. The first-order valence-electron chi connectivity index (χ1n) is 13.4. The molecule has 3 heterocycles. The van der Waals surface area contributed by atoms with Crippen LogP contribution in [0.5, 0.6) is 11.5 Å². The molecule has 5 aromatic rings. The van der Waals surface area contributed by atoms with Crippen LogP contribution in [0.25, 0.3) is 32.9 Å². The van der Waals surface area contributed by atoms with Crippen molar-refractivity contribution in [2.24, 2.45) is 7.05 Å². The monoisotopic (exact) mass is 541 g/mol. The molecule has 208 valence electrons. The van der Waals surface area contributed by atoms with Crippen molar-refractivity contribution in [3.63, 3.8) is 0 Å². The Morgan fingerprint density at radius 1 is 1.12 bits per heavy atom. The first-order valence-corrected chi connectivity index (χ1v) is 13.4. The van der Waals surface area contributed by atoms with Crippen LogP contribution in [0.1, 0.15) is 48.0 Å². The van der Waals surface area contributed by atoms with Crippen LogP contribution in [-0.4, -0.2) is 42.5 Å². The van der Waals surface area contributed by atoms with E-state index in [0.717, 1.165) is 44.5 Å². The number of amides is 1. The molecule has 0 radical (unpaired) electrons. The fourth-order valence-corrected chi connectivity index (χ4v) is 5.01. The summed E-state index contributed by atoms with van der Waals surface area (Å²) >= 11 is 0. The molecule has 0 spiro atoms. The number of hydrogen-bond donors (Lipinski definition) is 3. The van der Waals surface area contributed by atoms with E-state index in [9.17, 15) is 14.7 Å². The van der Waals surface area contributed by atoms with Gasteiger partial charge in [-0.05, 0) is 76.4 Å². The molecule has 2 aromatic carbocycles. The molecule has 40 heavy (non-hydrogen) atoms. The minimum Gasteiger partial charge on any atom is -0.456 e. The number of carbonyl (C=O) groups is 1. The number of aromatic nitrogens is 4. The summed E-state index contributed by atoms with van der Waals surface area (Å²) in [6, 6.07) is 9.73. The maximum absolute atomic E-state index is 13.1. The van der Waals surface area contributed by atoms with E-state index in [-0.39, 0.29) is 11.5 Å². The second-order valence-electron chi connectivity index (χ2n) is 11.1. The second kappa shape index (κ2) is 9.98. The minimum absolute atomic E-state index is 0.240. The topological polar surface area (TPSA) is 114 Å². The number of aryl methyl sites for hydroxylation is 3. The van der Waals surface area contributed by atoms with Gasteiger partial charge in [0.25, 0.3) is 11.5 Å². The zero-order chi connectivity index (χ0) is 28.9. The Morgan fingerprint density at radius 3 is 2.55 bits per heavy atom. The van der Waals surface area contributed by atoms with E-state index in [4.69, 9.17) is 4.74 Å². The Labute approximate surface area is 232 Å². The van der Waals surface area contributed by atoms with Gasteiger partial charge in [0.2, 0.25) is 0 Å². The lowest BCUT2D eigenvalue weighted by atomic mass is 10.00. The summed E-state index contributed by atoms with van der Waals surface area (Å²) in [5.41, 5.74) is 4.83. The minimum atomic E-state index is -0.976. The van der Waals surface area contributed by atoms with Gasteiger partial charge in [-0.1, -0.05) is 12.1 Å². The number of pyridine rings is 1. The number of benzene rings is 2. The van der Waals surface area contributed by atoms with E-state index in [1.54, 1.807) is 44.0 Å². The van der Waals surface area contributed by atoms with E-state index in [1.807, 2.05) is 45.9 Å². The highest BCUT2D eigenvalue weighted by Gasteiger charge is 2.22. The van der Waals surface area contributed by atoms with E-state index >= 15 is 0 Å². The molecule has 0 fully saturated rings. The number of fused-ring (bicyclic) bond motifs is 2. The highest BCUT2D eigenvalue weighted by molar-refractivity contribution is 6.04. The summed E-state index contributed by atoms with van der Waals surface area (Å²) in [6.45, 7) is 12.2. The third-order valence-electron chi connectivity index (χ3n) is 7.20. The number of aliphatic hydroxyl groups is 1. The van der Waals surface area contributed by atoms with Crippen molar-refractivity contribution >= 4 is 27.7 Å². The SMILES string of the molecule is CCNC(=O)c1cc2c(-c3cc4c(cnn4CC(C)(C)O)cc3Oc3c(C)ccc(C)c3C)cn(C)c(=O)c2[nH]1. The molecule has 0 aliphatic carbocycles. The Hall–Kier alpha value is -4.37. The Morgan fingerprint density at radius 2 is 1.85 bits per heavy atom. The third kappa shape index (κ3) is 4.88. The van der Waals surface area contributed by atoms with Gasteiger partial charge in [0.15, 0.2) is 0 Å². The summed E-state index contributed by atoms with van der Waals surface area (Å²) < 4.78 is 9.94. The lowest BCUT2D eigenvalue weighted by molar-refractivity contribution is 0.0591. The summed E-state index contributed by atoms with van der Waals surface area (Å²) in [4.78, 5) is 28.8. The van der Waals surface area contributed by atoms with Gasteiger partial charge in [-0.15, -0.1) is 0 Å². The summed E-state index contributed by atoms with van der Waals surface area (Å²) in [7, 11) is 1.68. The standard InChI is InChI=1S/C31H35N5O4/c1-8-32-29(37)24-12-22-23(15-35(7)30(38)27(22)34-24)21-13-25-20(14-33-36(25)16-31(5,6)39)11-26(21)40-28-18(3)10-9-17(2)19(28)4/h9-15,34,39H,8,16H2,1-7H3,(H,32,37). The lowest BCUT2D eigenvalue weighted by Crippen LogP contribution is -2.26. The number of hydrogen-bond acceptors (Lipinski definition) is 5. The van der Waals surface area contributed by atoms with Gasteiger partial charge < -0.3 is 24.7 Å². The van der Waals surface area contributed by atoms with E-state index < -0.39 is 5.60 Å². The molecule has 9 nitrogen and oxygen atoms in total. The normalized spacial score (nSPS) is 11.9. The summed E-state index contributed by atoms with van der Waals surface area (Å²) in [5.74, 6) is 1.07. The maximum Gasteiger partial charge on any atom is 0.274 e. The average molecular weight is 542 g/mol. The van der Waals surface area contributed by atoms with Gasteiger partial charge in [0.05, 0.1) is 23.9 Å². The number of H-pyrrole nitrogens is 1. The third-order valence-corrected chi connectivity index (χ3v) is 7.20. The molecule has 3 N–H and O–H groups in total. The number of nitrogens with one attached hydrogen (secondary N) is 2. The Kier molecular flexibility index (Phi) is 6.79. The smallest absolute Gasteiger partial charge is 0.274 e. The molecule has 9 heteroatoms. The number of nitrogens with zero attached hydrogens (tertiary/aromatic N) is 3. The average Bonchev–Trinajstić information content (AvgIpc) is 3.50. The number of aromatic amines is 1. The predicted octanol–water partition coefficient (Wildman–Crippen LogP) is 5.12. The molecule has 5 rings (SSSR count). The zero-order valence-electron chi connectivity index (χ0n) is 24.0. The molecule has 1 amide bonds. The van der Waals surface area contributed by atoms with Crippen molar-refractivity contribution in [1.82, 2.24) is 24.6 Å². The van der Waals surface area contributed by atoms with Crippen LogP contribution in [-0.2, 0) is 13.6 Å². The molecule has 0 saturated heterocycles. The lowest BCUT2D eigenvalue weighted by Gasteiger charge is -2.19. The van der Waals surface area contributed by atoms with Gasteiger partial charge in [-0.25, -0.2) is 0 Å². The first kappa shape index (κ1) is 27.2. The summed E-state index contributed by atoms with van der Waals surface area (Å²) in [5, 5.41) is 19.3.